The van der Waals surface area contributed by atoms with Gasteiger partial charge in [0.05, 0.1) is 0 Å². The molecule has 0 bridgehead atoms. The molecule has 1 fully saturated rings. The van der Waals surface area contributed by atoms with Gasteiger partial charge >= 0.3 is 0 Å². The molecule has 3 rings (SSSR count). The lowest BCUT2D eigenvalue weighted by Crippen LogP contribution is -2.46. The van der Waals surface area contributed by atoms with E-state index in [1.165, 1.54) is 0 Å². The van der Waals surface area contributed by atoms with Crippen molar-refractivity contribution < 1.29 is 9.59 Å². The third kappa shape index (κ3) is 4.05. The number of rotatable bonds is 6. The highest BCUT2D eigenvalue weighted by atomic mass is 16.2. The molecule has 0 atom stereocenters. The van der Waals surface area contributed by atoms with Crippen LogP contribution in [-0.2, 0) is 4.79 Å². The van der Waals surface area contributed by atoms with Gasteiger partial charge in [-0.2, -0.15) is 0 Å². The van der Waals surface area contributed by atoms with Crippen LogP contribution < -0.4 is 10.2 Å². The van der Waals surface area contributed by atoms with Crippen LogP contribution in [0.5, 0.6) is 0 Å². The molecule has 1 N–H and O–H groups in total. The standard InChI is InChI=1S/C19H21N5O2/c1-2-8-20-19(26)16-13-17(24-11-9-23(14-25)10-12-24)22-18(21-16)15-6-4-3-5-7-15/h2-7,13-14H,1,8-12H2,(H,20,26). The minimum Gasteiger partial charge on any atom is -0.353 e. The zero-order chi connectivity index (χ0) is 18.4. The first kappa shape index (κ1) is 17.6. The van der Waals surface area contributed by atoms with Crippen LogP contribution in [0.25, 0.3) is 11.4 Å². The van der Waals surface area contributed by atoms with Gasteiger partial charge in [-0.05, 0) is 0 Å². The molecule has 7 heteroatoms. The minimum atomic E-state index is -0.266. The highest BCUT2D eigenvalue weighted by Crippen LogP contribution is 2.21. The summed E-state index contributed by atoms with van der Waals surface area (Å²) in [5.74, 6) is 0.926. The molecule has 0 spiro atoms. The van der Waals surface area contributed by atoms with E-state index in [4.69, 9.17) is 0 Å². The summed E-state index contributed by atoms with van der Waals surface area (Å²) in [5, 5.41) is 2.75. The SMILES string of the molecule is C=CCNC(=O)c1cc(N2CCN(C=O)CC2)nc(-c2ccccc2)n1. The quantitative estimate of drug-likeness (QED) is 0.628. The van der Waals surface area contributed by atoms with Crippen LogP contribution in [0.1, 0.15) is 10.5 Å². The fourth-order valence-corrected chi connectivity index (χ4v) is 2.74. The summed E-state index contributed by atoms with van der Waals surface area (Å²) in [7, 11) is 0. The number of nitrogens with one attached hydrogen (secondary N) is 1. The molecule has 0 radical (unpaired) electrons. The normalized spacial score (nSPS) is 14.0. The Morgan fingerprint density at radius 2 is 1.88 bits per heavy atom. The van der Waals surface area contributed by atoms with Crippen LogP contribution in [0, 0.1) is 0 Å². The molecule has 2 aromatic rings. The maximum atomic E-state index is 12.4. The zero-order valence-corrected chi connectivity index (χ0v) is 14.5. The summed E-state index contributed by atoms with van der Waals surface area (Å²) in [4.78, 5) is 36.2. The van der Waals surface area contributed by atoms with Gasteiger partial charge in [-0.1, -0.05) is 36.4 Å². The average Bonchev–Trinajstić information content (AvgIpc) is 2.72. The fraction of sp³-hybridized carbons (Fsp3) is 0.263. The maximum Gasteiger partial charge on any atom is 0.270 e. The van der Waals surface area contributed by atoms with E-state index in [1.54, 1.807) is 17.0 Å². The molecular formula is C19H21N5O2. The van der Waals surface area contributed by atoms with Gasteiger partial charge in [0.15, 0.2) is 5.82 Å². The molecule has 2 heterocycles. The predicted molar refractivity (Wildman–Crippen MR) is 99.8 cm³/mol. The molecule has 2 amide bonds. The molecule has 1 aliphatic rings. The van der Waals surface area contributed by atoms with Crippen molar-refractivity contribution in [2.24, 2.45) is 0 Å². The Hall–Kier alpha value is -3.22. The van der Waals surface area contributed by atoms with Crippen molar-refractivity contribution in [3.63, 3.8) is 0 Å². The monoisotopic (exact) mass is 351 g/mol. The van der Waals surface area contributed by atoms with Gasteiger partial charge in [0.1, 0.15) is 11.5 Å². The molecule has 1 saturated heterocycles. The Balaban J connectivity index is 1.94. The third-order valence-electron chi connectivity index (χ3n) is 4.17. The van der Waals surface area contributed by atoms with E-state index < -0.39 is 0 Å². The number of carbonyl (C=O) groups excluding carboxylic acids is 2. The summed E-state index contributed by atoms with van der Waals surface area (Å²) in [5.41, 5.74) is 1.16. The fourth-order valence-electron chi connectivity index (χ4n) is 2.74. The van der Waals surface area contributed by atoms with Crippen molar-refractivity contribution in [3.05, 3.63) is 54.7 Å². The molecule has 134 valence electrons. The first-order valence-corrected chi connectivity index (χ1v) is 8.49. The van der Waals surface area contributed by atoms with Gasteiger partial charge in [0.25, 0.3) is 5.91 Å². The molecule has 1 aliphatic heterocycles. The molecule has 1 aromatic carbocycles. The predicted octanol–water partition coefficient (Wildman–Crippen LogP) is 1.34. The number of nitrogens with zero attached hydrogens (tertiary/aromatic N) is 4. The third-order valence-corrected chi connectivity index (χ3v) is 4.17. The van der Waals surface area contributed by atoms with Gasteiger partial charge in [-0.3, -0.25) is 9.59 Å². The summed E-state index contributed by atoms with van der Waals surface area (Å²) in [6.07, 6.45) is 2.48. The summed E-state index contributed by atoms with van der Waals surface area (Å²) in [6, 6.07) is 11.3. The number of anilines is 1. The second-order valence-electron chi connectivity index (χ2n) is 5.93. The van der Waals surface area contributed by atoms with Crippen molar-refractivity contribution in [1.82, 2.24) is 20.2 Å². The molecule has 0 saturated carbocycles. The molecule has 0 unspecified atom stereocenters. The largest absolute Gasteiger partial charge is 0.353 e. The zero-order valence-electron chi connectivity index (χ0n) is 14.5. The maximum absolute atomic E-state index is 12.4. The Morgan fingerprint density at radius 1 is 1.15 bits per heavy atom. The Kier molecular flexibility index (Phi) is 5.58. The minimum absolute atomic E-state index is 0.266. The van der Waals surface area contributed by atoms with Crippen molar-refractivity contribution in [2.45, 2.75) is 0 Å². The first-order valence-electron chi connectivity index (χ1n) is 8.49. The van der Waals surface area contributed by atoms with E-state index in [9.17, 15) is 9.59 Å². The molecule has 26 heavy (non-hydrogen) atoms. The van der Waals surface area contributed by atoms with E-state index in [0.29, 0.717) is 50.1 Å². The van der Waals surface area contributed by atoms with Crippen molar-refractivity contribution in [2.75, 3.05) is 37.6 Å². The van der Waals surface area contributed by atoms with E-state index in [0.717, 1.165) is 12.0 Å². The number of aromatic nitrogens is 2. The van der Waals surface area contributed by atoms with Crippen LogP contribution in [-0.4, -0.2) is 59.9 Å². The molecular weight excluding hydrogens is 330 g/mol. The number of benzene rings is 1. The number of carbonyl (C=O) groups is 2. The van der Waals surface area contributed by atoms with E-state index in [1.807, 2.05) is 30.3 Å². The van der Waals surface area contributed by atoms with Crippen LogP contribution in [0.3, 0.4) is 0 Å². The number of amides is 2. The topological polar surface area (TPSA) is 78.4 Å². The Labute approximate surface area is 152 Å². The molecule has 1 aromatic heterocycles. The van der Waals surface area contributed by atoms with Crippen LogP contribution >= 0.6 is 0 Å². The van der Waals surface area contributed by atoms with Gasteiger partial charge in [-0.15, -0.1) is 6.58 Å². The van der Waals surface area contributed by atoms with Crippen molar-refractivity contribution in [3.8, 4) is 11.4 Å². The van der Waals surface area contributed by atoms with E-state index in [-0.39, 0.29) is 5.91 Å². The van der Waals surface area contributed by atoms with Crippen molar-refractivity contribution >= 4 is 18.1 Å². The van der Waals surface area contributed by atoms with Crippen LogP contribution in [0.15, 0.2) is 49.1 Å². The second-order valence-corrected chi connectivity index (χ2v) is 5.93. The average molecular weight is 351 g/mol. The highest BCUT2D eigenvalue weighted by Gasteiger charge is 2.20. The lowest BCUT2D eigenvalue weighted by molar-refractivity contribution is -0.118. The molecule has 7 nitrogen and oxygen atoms in total. The Bertz CT molecular complexity index is 786. The first-order chi connectivity index (χ1) is 12.7. The van der Waals surface area contributed by atoms with Crippen molar-refractivity contribution in [1.29, 1.82) is 0 Å². The highest BCUT2D eigenvalue weighted by molar-refractivity contribution is 5.93. The Morgan fingerprint density at radius 3 is 2.54 bits per heavy atom. The van der Waals surface area contributed by atoms with Gasteiger partial charge in [0, 0.05) is 44.4 Å². The lowest BCUT2D eigenvalue weighted by Gasteiger charge is -2.33. The van der Waals surface area contributed by atoms with Crippen LogP contribution in [0.2, 0.25) is 0 Å². The molecule has 0 aliphatic carbocycles. The number of hydrogen-bond acceptors (Lipinski definition) is 5. The second kappa shape index (κ2) is 8.24. The van der Waals surface area contributed by atoms with E-state index >= 15 is 0 Å². The summed E-state index contributed by atoms with van der Waals surface area (Å²) >= 11 is 0. The number of hydrogen-bond donors (Lipinski definition) is 1. The lowest BCUT2D eigenvalue weighted by atomic mass is 10.2. The van der Waals surface area contributed by atoms with Gasteiger partial charge < -0.3 is 15.1 Å². The van der Waals surface area contributed by atoms with Gasteiger partial charge in [0.2, 0.25) is 6.41 Å². The smallest absolute Gasteiger partial charge is 0.270 e. The van der Waals surface area contributed by atoms with Gasteiger partial charge in [-0.25, -0.2) is 9.97 Å². The summed E-state index contributed by atoms with van der Waals surface area (Å²) in [6.45, 7) is 6.57. The van der Waals surface area contributed by atoms with Crippen LogP contribution in [0.4, 0.5) is 5.82 Å². The van der Waals surface area contributed by atoms with E-state index in [2.05, 4.69) is 26.8 Å². The summed E-state index contributed by atoms with van der Waals surface area (Å²) < 4.78 is 0. The number of piperazine rings is 1.